The van der Waals surface area contributed by atoms with Crippen LogP contribution in [0, 0.1) is 0 Å². The molecule has 0 fully saturated rings. The van der Waals surface area contributed by atoms with Gasteiger partial charge in [-0.05, 0) is 71.0 Å². The van der Waals surface area contributed by atoms with Gasteiger partial charge in [0.05, 0.1) is 0 Å². The number of anilines is 2. The van der Waals surface area contributed by atoms with E-state index in [1.807, 2.05) is 0 Å². The lowest BCUT2D eigenvalue weighted by molar-refractivity contribution is 0.590. The molecule has 152 valence electrons. The third kappa shape index (κ3) is 3.98. The summed E-state index contributed by atoms with van der Waals surface area (Å²) in [7, 11) is 0. The molecule has 0 saturated carbocycles. The molecule has 0 atom stereocenters. The van der Waals surface area contributed by atoms with Gasteiger partial charge in [0.15, 0.2) is 0 Å². The van der Waals surface area contributed by atoms with Crippen molar-refractivity contribution in [2.45, 2.75) is 46.1 Å². The Morgan fingerprint density at radius 3 is 2.03 bits per heavy atom. The van der Waals surface area contributed by atoms with Crippen molar-refractivity contribution in [1.29, 1.82) is 0 Å². The van der Waals surface area contributed by atoms with E-state index < -0.39 is 0 Å². The van der Waals surface area contributed by atoms with Gasteiger partial charge in [0.25, 0.3) is 0 Å². The van der Waals surface area contributed by atoms with Gasteiger partial charge in [0, 0.05) is 17.4 Å². The summed E-state index contributed by atoms with van der Waals surface area (Å²) in [6, 6.07) is 33.5. The molecule has 30 heavy (non-hydrogen) atoms. The van der Waals surface area contributed by atoms with Gasteiger partial charge in [-0.25, -0.2) is 0 Å². The van der Waals surface area contributed by atoms with Crippen LogP contribution < -0.4 is 4.90 Å². The van der Waals surface area contributed by atoms with Gasteiger partial charge in [-0.3, -0.25) is 0 Å². The third-order valence-electron chi connectivity index (χ3n) is 5.75. The first-order chi connectivity index (χ1) is 14.3. The molecule has 0 bridgehead atoms. The van der Waals surface area contributed by atoms with Crippen LogP contribution in [0.3, 0.4) is 0 Å². The number of benzene rings is 4. The van der Waals surface area contributed by atoms with Gasteiger partial charge in [0.2, 0.25) is 0 Å². The third-order valence-corrected chi connectivity index (χ3v) is 5.75. The van der Waals surface area contributed by atoms with E-state index in [2.05, 4.69) is 131 Å². The van der Waals surface area contributed by atoms with Crippen LogP contribution in [0.15, 0.2) is 91.0 Å². The van der Waals surface area contributed by atoms with Crippen molar-refractivity contribution in [2.24, 2.45) is 0 Å². The number of hydrogen-bond acceptors (Lipinski definition) is 1. The van der Waals surface area contributed by atoms with E-state index in [-0.39, 0.29) is 5.41 Å². The summed E-state index contributed by atoms with van der Waals surface area (Å²) < 4.78 is 0. The molecule has 0 heterocycles. The summed E-state index contributed by atoms with van der Waals surface area (Å²) in [5.41, 5.74) is 6.50. The molecule has 0 radical (unpaired) electrons. The van der Waals surface area contributed by atoms with Crippen LogP contribution in [-0.2, 0) is 5.41 Å². The summed E-state index contributed by atoms with van der Waals surface area (Å²) in [6.07, 6.45) is 0. The SMILES string of the molecule is CC(C)N(c1ccc(C(C)(C)C)cc1)c1cccc(-c2cccc3ccccc23)c1. The summed E-state index contributed by atoms with van der Waals surface area (Å²) in [6.45, 7) is 11.3. The Bertz CT molecular complexity index is 1140. The minimum atomic E-state index is 0.162. The van der Waals surface area contributed by atoms with Gasteiger partial charge < -0.3 is 4.90 Å². The molecule has 4 rings (SSSR count). The molecule has 4 aromatic carbocycles. The summed E-state index contributed by atoms with van der Waals surface area (Å²) >= 11 is 0. The molecule has 1 heteroatoms. The van der Waals surface area contributed by atoms with E-state index in [1.54, 1.807) is 0 Å². The monoisotopic (exact) mass is 393 g/mol. The molecular weight excluding hydrogens is 362 g/mol. The highest BCUT2D eigenvalue weighted by molar-refractivity contribution is 5.97. The quantitative estimate of drug-likeness (QED) is 0.337. The highest BCUT2D eigenvalue weighted by Crippen LogP contribution is 2.35. The minimum Gasteiger partial charge on any atom is -0.339 e. The Morgan fingerprint density at radius 2 is 1.33 bits per heavy atom. The first-order valence-corrected chi connectivity index (χ1v) is 10.8. The van der Waals surface area contributed by atoms with E-state index in [1.165, 1.54) is 38.8 Å². The molecule has 0 aromatic heterocycles. The van der Waals surface area contributed by atoms with Crippen molar-refractivity contribution in [3.63, 3.8) is 0 Å². The summed E-state index contributed by atoms with van der Waals surface area (Å²) in [4.78, 5) is 2.42. The predicted molar refractivity (Wildman–Crippen MR) is 132 cm³/mol. The molecule has 0 saturated heterocycles. The van der Waals surface area contributed by atoms with Crippen molar-refractivity contribution in [2.75, 3.05) is 4.90 Å². The lowest BCUT2D eigenvalue weighted by Crippen LogP contribution is -2.25. The van der Waals surface area contributed by atoms with Gasteiger partial charge in [0.1, 0.15) is 0 Å². The Morgan fingerprint density at radius 1 is 0.667 bits per heavy atom. The molecular formula is C29H31N. The normalized spacial score (nSPS) is 11.8. The zero-order valence-corrected chi connectivity index (χ0v) is 18.7. The van der Waals surface area contributed by atoms with Gasteiger partial charge in [-0.2, -0.15) is 0 Å². The first kappa shape index (κ1) is 20.2. The second kappa shape index (κ2) is 7.99. The Balaban J connectivity index is 1.77. The lowest BCUT2D eigenvalue weighted by atomic mass is 9.87. The van der Waals surface area contributed by atoms with Crippen LogP contribution in [0.2, 0.25) is 0 Å². The maximum absolute atomic E-state index is 2.42. The zero-order valence-electron chi connectivity index (χ0n) is 18.7. The Hall–Kier alpha value is -3.06. The maximum atomic E-state index is 2.42. The lowest BCUT2D eigenvalue weighted by Gasteiger charge is -2.30. The van der Waals surface area contributed by atoms with Crippen molar-refractivity contribution < 1.29 is 0 Å². The number of hydrogen-bond donors (Lipinski definition) is 0. The molecule has 0 spiro atoms. The highest BCUT2D eigenvalue weighted by Gasteiger charge is 2.17. The molecule has 0 unspecified atom stereocenters. The van der Waals surface area contributed by atoms with Crippen molar-refractivity contribution in [3.8, 4) is 11.1 Å². The molecule has 0 aliphatic rings. The van der Waals surface area contributed by atoms with E-state index in [0.717, 1.165) is 0 Å². The molecule has 0 N–H and O–H groups in total. The maximum Gasteiger partial charge on any atom is 0.0419 e. The average Bonchev–Trinajstić information content (AvgIpc) is 2.73. The summed E-state index contributed by atoms with van der Waals surface area (Å²) in [5.74, 6) is 0. The highest BCUT2D eigenvalue weighted by atomic mass is 15.2. The predicted octanol–water partition coefficient (Wildman–Crippen LogP) is 8.35. The minimum absolute atomic E-state index is 0.162. The topological polar surface area (TPSA) is 3.24 Å². The van der Waals surface area contributed by atoms with Crippen LogP contribution in [0.5, 0.6) is 0 Å². The molecule has 1 nitrogen and oxygen atoms in total. The molecule has 0 aliphatic carbocycles. The number of fused-ring (bicyclic) bond motifs is 1. The van der Waals surface area contributed by atoms with Crippen LogP contribution in [0.4, 0.5) is 11.4 Å². The Labute approximate surface area is 181 Å². The van der Waals surface area contributed by atoms with Crippen LogP contribution in [0.1, 0.15) is 40.2 Å². The Kier molecular flexibility index (Phi) is 5.39. The zero-order chi connectivity index (χ0) is 21.3. The molecule has 0 amide bonds. The molecule has 0 aliphatic heterocycles. The van der Waals surface area contributed by atoms with Crippen LogP contribution in [-0.4, -0.2) is 6.04 Å². The van der Waals surface area contributed by atoms with E-state index >= 15 is 0 Å². The first-order valence-electron chi connectivity index (χ1n) is 10.8. The molecule has 4 aromatic rings. The van der Waals surface area contributed by atoms with Crippen molar-refractivity contribution >= 4 is 22.1 Å². The fourth-order valence-electron chi connectivity index (χ4n) is 4.17. The smallest absolute Gasteiger partial charge is 0.0419 e. The van der Waals surface area contributed by atoms with E-state index in [0.29, 0.717) is 6.04 Å². The fourth-order valence-corrected chi connectivity index (χ4v) is 4.17. The van der Waals surface area contributed by atoms with Crippen molar-refractivity contribution in [3.05, 3.63) is 96.6 Å². The van der Waals surface area contributed by atoms with E-state index in [4.69, 9.17) is 0 Å². The second-order valence-corrected chi connectivity index (χ2v) is 9.34. The van der Waals surface area contributed by atoms with Crippen LogP contribution in [0.25, 0.3) is 21.9 Å². The van der Waals surface area contributed by atoms with Gasteiger partial charge in [-0.15, -0.1) is 0 Å². The van der Waals surface area contributed by atoms with Crippen LogP contribution >= 0.6 is 0 Å². The van der Waals surface area contributed by atoms with Gasteiger partial charge >= 0.3 is 0 Å². The van der Waals surface area contributed by atoms with Crippen molar-refractivity contribution in [1.82, 2.24) is 0 Å². The average molecular weight is 394 g/mol. The largest absolute Gasteiger partial charge is 0.339 e. The summed E-state index contributed by atoms with van der Waals surface area (Å²) in [5, 5.41) is 2.57. The fraction of sp³-hybridized carbons (Fsp3) is 0.241. The standard InChI is InChI=1S/C29H31N/c1-21(2)30(25-18-16-24(17-19-25)29(3,4)5)26-13-8-12-23(20-26)28-15-9-11-22-10-6-7-14-27(22)28/h6-21H,1-5H3. The van der Waals surface area contributed by atoms with Gasteiger partial charge in [-0.1, -0.05) is 87.5 Å². The number of rotatable bonds is 4. The second-order valence-electron chi connectivity index (χ2n) is 9.34. The van der Waals surface area contributed by atoms with E-state index in [9.17, 15) is 0 Å². The number of nitrogens with zero attached hydrogens (tertiary/aromatic N) is 1.